The van der Waals surface area contributed by atoms with Crippen molar-refractivity contribution >= 4 is 0 Å². The minimum Gasteiger partial charge on any atom is -0.494 e. The topological polar surface area (TPSA) is 67.2 Å². The molecule has 0 fully saturated rings. The van der Waals surface area contributed by atoms with E-state index >= 15 is 0 Å². The van der Waals surface area contributed by atoms with E-state index < -0.39 is 0 Å². The van der Waals surface area contributed by atoms with E-state index in [-0.39, 0.29) is 0 Å². The zero-order valence-corrected chi connectivity index (χ0v) is 13.5. The minimum atomic E-state index is 0.647. The van der Waals surface area contributed by atoms with Crippen molar-refractivity contribution in [1.29, 1.82) is 0 Å². The van der Waals surface area contributed by atoms with Crippen molar-refractivity contribution < 1.29 is 4.74 Å². The second-order valence-electron chi connectivity index (χ2n) is 5.73. The first-order valence-electron chi connectivity index (χ1n) is 7.76. The van der Waals surface area contributed by atoms with Crippen LogP contribution in [0.5, 0.6) is 5.75 Å². The van der Waals surface area contributed by atoms with Crippen molar-refractivity contribution in [1.82, 2.24) is 14.9 Å². The number of nitrogens with two attached hydrogens (primary N) is 1. The molecule has 2 rings (SSSR count). The van der Waals surface area contributed by atoms with Gasteiger partial charge in [0, 0.05) is 31.3 Å². The first-order valence-corrected chi connectivity index (χ1v) is 7.76. The summed E-state index contributed by atoms with van der Waals surface area (Å²) in [5, 5.41) is 0. The predicted molar refractivity (Wildman–Crippen MR) is 89.0 cm³/mol. The molecular formula is C17H26N4O. The van der Waals surface area contributed by atoms with E-state index in [1.165, 1.54) is 5.56 Å². The predicted octanol–water partition coefficient (Wildman–Crippen LogP) is 1.98. The number of rotatable bonds is 9. The van der Waals surface area contributed by atoms with Gasteiger partial charge < -0.3 is 20.4 Å². The lowest BCUT2D eigenvalue weighted by Crippen LogP contribution is -2.10. The monoisotopic (exact) mass is 302 g/mol. The fourth-order valence-corrected chi connectivity index (χ4v) is 2.34. The Morgan fingerprint density at radius 3 is 2.91 bits per heavy atom. The van der Waals surface area contributed by atoms with E-state index in [4.69, 9.17) is 10.5 Å². The number of hydrogen-bond acceptors (Lipinski definition) is 4. The molecule has 1 heterocycles. The molecule has 22 heavy (non-hydrogen) atoms. The number of hydrogen-bond donors (Lipinski definition) is 2. The third kappa shape index (κ3) is 5.50. The van der Waals surface area contributed by atoms with Crippen LogP contribution in [0.4, 0.5) is 0 Å². The van der Waals surface area contributed by atoms with Gasteiger partial charge in [0.1, 0.15) is 11.6 Å². The van der Waals surface area contributed by atoms with Crippen LogP contribution in [0.2, 0.25) is 0 Å². The van der Waals surface area contributed by atoms with Gasteiger partial charge in [-0.15, -0.1) is 0 Å². The molecule has 3 N–H and O–H groups in total. The van der Waals surface area contributed by atoms with Crippen LogP contribution in [0, 0.1) is 0 Å². The molecule has 120 valence electrons. The van der Waals surface area contributed by atoms with Crippen molar-refractivity contribution in [3.8, 4) is 5.75 Å². The molecule has 1 aromatic heterocycles. The molecule has 1 aromatic carbocycles. The Kier molecular flexibility index (Phi) is 6.43. The third-order valence-corrected chi connectivity index (χ3v) is 3.32. The smallest absolute Gasteiger partial charge is 0.119 e. The average molecular weight is 302 g/mol. The van der Waals surface area contributed by atoms with Crippen LogP contribution in [0.25, 0.3) is 0 Å². The van der Waals surface area contributed by atoms with Crippen LogP contribution >= 0.6 is 0 Å². The molecule has 0 saturated heterocycles. The SMILES string of the molecule is CN(C)Cc1cccc(OCCCc2ncc(CCN)[nH]2)c1. The van der Waals surface area contributed by atoms with Crippen LogP contribution in [-0.4, -0.2) is 42.1 Å². The number of aromatic nitrogens is 2. The number of aryl methyl sites for hydroxylation is 1. The van der Waals surface area contributed by atoms with Crippen LogP contribution in [-0.2, 0) is 19.4 Å². The van der Waals surface area contributed by atoms with Crippen molar-refractivity contribution in [2.45, 2.75) is 25.8 Å². The number of ether oxygens (including phenoxy) is 1. The van der Waals surface area contributed by atoms with Gasteiger partial charge in [-0.2, -0.15) is 0 Å². The van der Waals surface area contributed by atoms with Gasteiger partial charge in [0.15, 0.2) is 0 Å². The molecule has 0 bridgehead atoms. The van der Waals surface area contributed by atoms with Crippen LogP contribution in [0.1, 0.15) is 23.5 Å². The second-order valence-corrected chi connectivity index (χ2v) is 5.73. The van der Waals surface area contributed by atoms with E-state index in [2.05, 4.69) is 41.1 Å². The molecule has 0 amide bonds. The van der Waals surface area contributed by atoms with E-state index in [0.717, 1.165) is 43.1 Å². The van der Waals surface area contributed by atoms with Crippen molar-refractivity contribution in [3.05, 3.63) is 47.5 Å². The molecule has 0 radical (unpaired) electrons. The van der Waals surface area contributed by atoms with Crippen LogP contribution in [0.3, 0.4) is 0 Å². The van der Waals surface area contributed by atoms with E-state index in [1.807, 2.05) is 18.3 Å². The number of nitrogens with zero attached hydrogens (tertiary/aromatic N) is 2. The summed E-state index contributed by atoms with van der Waals surface area (Å²) in [6, 6.07) is 8.27. The van der Waals surface area contributed by atoms with Crippen molar-refractivity contribution in [2.75, 3.05) is 27.2 Å². The Morgan fingerprint density at radius 2 is 2.14 bits per heavy atom. The van der Waals surface area contributed by atoms with Gasteiger partial charge >= 0.3 is 0 Å². The zero-order chi connectivity index (χ0) is 15.8. The summed E-state index contributed by atoms with van der Waals surface area (Å²) in [6.45, 7) is 2.26. The maximum absolute atomic E-state index is 5.82. The lowest BCUT2D eigenvalue weighted by atomic mass is 10.2. The number of aromatic amines is 1. The standard InChI is InChI=1S/C17H26N4O/c1-21(2)13-14-5-3-6-16(11-14)22-10-4-7-17-19-12-15(20-17)8-9-18/h3,5-6,11-12H,4,7-10,13,18H2,1-2H3,(H,19,20). The number of imidazole rings is 1. The van der Waals surface area contributed by atoms with Crippen LogP contribution in [0.15, 0.2) is 30.5 Å². The summed E-state index contributed by atoms with van der Waals surface area (Å²) in [5.74, 6) is 1.94. The largest absolute Gasteiger partial charge is 0.494 e. The Labute approximate surface area is 132 Å². The van der Waals surface area contributed by atoms with Crippen molar-refractivity contribution in [3.63, 3.8) is 0 Å². The quantitative estimate of drug-likeness (QED) is 0.695. The maximum Gasteiger partial charge on any atom is 0.119 e. The maximum atomic E-state index is 5.82. The van der Waals surface area contributed by atoms with Gasteiger partial charge in [-0.3, -0.25) is 0 Å². The van der Waals surface area contributed by atoms with E-state index in [1.54, 1.807) is 0 Å². The first-order chi connectivity index (χ1) is 10.7. The Bertz CT molecular complexity index is 565. The van der Waals surface area contributed by atoms with Gasteiger partial charge in [-0.05, 0) is 44.8 Å². The van der Waals surface area contributed by atoms with Gasteiger partial charge in [0.2, 0.25) is 0 Å². The van der Waals surface area contributed by atoms with Crippen molar-refractivity contribution in [2.24, 2.45) is 5.73 Å². The lowest BCUT2D eigenvalue weighted by molar-refractivity contribution is 0.309. The molecule has 0 spiro atoms. The molecule has 0 atom stereocenters. The van der Waals surface area contributed by atoms with Crippen LogP contribution < -0.4 is 10.5 Å². The molecule has 5 nitrogen and oxygen atoms in total. The molecule has 0 aliphatic rings. The summed E-state index contributed by atoms with van der Waals surface area (Å²) in [7, 11) is 4.13. The molecule has 0 saturated carbocycles. The summed E-state index contributed by atoms with van der Waals surface area (Å²) in [6.07, 6.45) is 4.55. The minimum absolute atomic E-state index is 0.647. The molecule has 5 heteroatoms. The molecule has 0 aliphatic carbocycles. The lowest BCUT2D eigenvalue weighted by Gasteiger charge is -2.11. The van der Waals surface area contributed by atoms with Gasteiger partial charge in [0.05, 0.1) is 6.61 Å². The Hall–Kier alpha value is -1.85. The molecule has 0 aliphatic heterocycles. The zero-order valence-electron chi connectivity index (χ0n) is 13.5. The normalized spacial score (nSPS) is 11.1. The highest BCUT2D eigenvalue weighted by molar-refractivity contribution is 5.28. The number of H-pyrrole nitrogens is 1. The second kappa shape index (κ2) is 8.56. The average Bonchev–Trinajstić information content (AvgIpc) is 2.91. The third-order valence-electron chi connectivity index (χ3n) is 3.32. The first kappa shape index (κ1) is 16.5. The molecule has 2 aromatic rings. The fourth-order valence-electron chi connectivity index (χ4n) is 2.34. The van der Waals surface area contributed by atoms with E-state index in [0.29, 0.717) is 13.2 Å². The number of benzene rings is 1. The highest BCUT2D eigenvalue weighted by atomic mass is 16.5. The van der Waals surface area contributed by atoms with Gasteiger partial charge in [-0.1, -0.05) is 12.1 Å². The summed E-state index contributed by atoms with van der Waals surface area (Å²) in [5.41, 5.74) is 7.90. The van der Waals surface area contributed by atoms with E-state index in [9.17, 15) is 0 Å². The van der Waals surface area contributed by atoms with Gasteiger partial charge in [-0.25, -0.2) is 4.98 Å². The molecular weight excluding hydrogens is 276 g/mol. The van der Waals surface area contributed by atoms with Gasteiger partial charge in [0.25, 0.3) is 0 Å². The number of nitrogens with one attached hydrogen (secondary N) is 1. The molecule has 0 unspecified atom stereocenters. The Morgan fingerprint density at radius 1 is 1.27 bits per heavy atom. The highest BCUT2D eigenvalue weighted by Crippen LogP contribution is 2.14. The summed E-state index contributed by atoms with van der Waals surface area (Å²) >= 11 is 0. The highest BCUT2D eigenvalue weighted by Gasteiger charge is 2.02. The Balaban J connectivity index is 1.73. The summed E-state index contributed by atoms with van der Waals surface area (Å²) in [4.78, 5) is 9.79. The summed E-state index contributed by atoms with van der Waals surface area (Å²) < 4.78 is 5.82. The fraction of sp³-hybridized carbons (Fsp3) is 0.471.